The summed E-state index contributed by atoms with van der Waals surface area (Å²) in [5.41, 5.74) is -0.352. The largest absolute Gasteiger partial charge is 0.493 e. The van der Waals surface area contributed by atoms with Crippen molar-refractivity contribution in [3.8, 4) is 5.75 Å². The number of rotatable bonds is 5. The number of halogens is 3. The molecule has 0 atom stereocenters. The van der Waals surface area contributed by atoms with Gasteiger partial charge in [-0.2, -0.15) is 13.2 Å². The highest BCUT2D eigenvalue weighted by atomic mass is 19.4. The number of alkyl halides is 3. The van der Waals surface area contributed by atoms with Crippen LogP contribution in [0.25, 0.3) is 0 Å². The first-order valence-corrected chi connectivity index (χ1v) is 7.93. The SMILES string of the molecule is Cc1cccc(C)c1OCCCN1CCC(O)(C(F)(F)F)CC1. The maximum Gasteiger partial charge on any atom is 0.417 e. The third kappa shape index (κ3) is 4.38. The summed E-state index contributed by atoms with van der Waals surface area (Å²) in [7, 11) is 0. The fraction of sp³-hybridized carbons (Fsp3) is 0.647. The minimum Gasteiger partial charge on any atom is -0.493 e. The van der Waals surface area contributed by atoms with E-state index in [0.717, 1.165) is 23.3 Å². The summed E-state index contributed by atoms with van der Waals surface area (Å²) in [5.74, 6) is 0.887. The van der Waals surface area contributed by atoms with Gasteiger partial charge in [0.2, 0.25) is 0 Å². The van der Waals surface area contributed by atoms with E-state index in [0.29, 0.717) is 13.2 Å². The van der Waals surface area contributed by atoms with Gasteiger partial charge in [-0.25, -0.2) is 0 Å². The van der Waals surface area contributed by atoms with Gasteiger partial charge in [-0.1, -0.05) is 18.2 Å². The summed E-state index contributed by atoms with van der Waals surface area (Å²) in [5, 5.41) is 9.63. The van der Waals surface area contributed by atoms with Crippen LogP contribution in [0.3, 0.4) is 0 Å². The summed E-state index contributed by atoms with van der Waals surface area (Å²) in [6.45, 7) is 5.72. The van der Waals surface area contributed by atoms with Crippen LogP contribution in [-0.2, 0) is 0 Å². The number of para-hydroxylation sites is 1. The molecule has 6 heteroatoms. The van der Waals surface area contributed by atoms with E-state index in [4.69, 9.17) is 4.74 Å². The standard InChI is InChI=1S/C17H24F3NO2/c1-13-5-3-6-14(2)15(13)23-12-4-9-21-10-7-16(22,8-11-21)17(18,19)20/h3,5-6,22H,4,7-12H2,1-2H3. The number of nitrogens with zero attached hydrogens (tertiary/aromatic N) is 1. The number of ether oxygens (including phenoxy) is 1. The first kappa shape index (κ1) is 18.1. The van der Waals surface area contributed by atoms with Crippen molar-refractivity contribution in [2.45, 2.75) is 44.9 Å². The highest BCUT2D eigenvalue weighted by Gasteiger charge is 2.54. The Labute approximate surface area is 135 Å². The number of likely N-dealkylation sites (tertiary alicyclic amines) is 1. The van der Waals surface area contributed by atoms with Gasteiger partial charge in [0.15, 0.2) is 5.60 Å². The Hall–Kier alpha value is -1.27. The fourth-order valence-corrected chi connectivity index (χ4v) is 2.92. The van der Waals surface area contributed by atoms with Crippen molar-refractivity contribution in [2.75, 3.05) is 26.2 Å². The third-order valence-corrected chi connectivity index (χ3v) is 4.48. The molecule has 0 saturated carbocycles. The molecule has 1 aromatic rings. The molecule has 0 aliphatic carbocycles. The topological polar surface area (TPSA) is 32.7 Å². The molecule has 1 N–H and O–H groups in total. The molecule has 0 bridgehead atoms. The number of piperidine rings is 1. The highest BCUT2D eigenvalue weighted by Crippen LogP contribution is 2.38. The minimum atomic E-state index is -4.54. The van der Waals surface area contributed by atoms with Gasteiger partial charge >= 0.3 is 6.18 Å². The average Bonchev–Trinajstić information content (AvgIpc) is 2.47. The Morgan fingerprint density at radius 1 is 1.17 bits per heavy atom. The Bertz CT molecular complexity index is 503. The summed E-state index contributed by atoms with van der Waals surface area (Å²) in [6.07, 6.45) is -4.30. The molecule has 23 heavy (non-hydrogen) atoms. The minimum absolute atomic E-state index is 0.256. The monoisotopic (exact) mass is 331 g/mol. The molecule has 0 aromatic heterocycles. The molecule has 0 unspecified atom stereocenters. The predicted molar refractivity (Wildman–Crippen MR) is 82.7 cm³/mol. The molecular weight excluding hydrogens is 307 g/mol. The molecular formula is C17H24F3NO2. The van der Waals surface area contributed by atoms with Crippen molar-refractivity contribution in [1.29, 1.82) is 0 Å². The van der Waals surface area contributed by atoms with Gasteiger partial charge in [-0.05, 0) is 44.2 Å². The van der Waals surface area contributed by atoms with Crippen molar-refractivity contribution >= 4 is 0 Å². The maximum absolute atomic E-state index is 12.7. The van der Waals surface area contributed by atoms with E-state index in [1.807, 2.05) is 36.9 Å². The number of aryl methyl sites for hydroxylation is 2. The number of hydrogen-bond donors (Lipinski definition) is 1. The van der Waals surface area contributed by atoms with E-state index in [1.165, 1.54) is 0 Å². The Morgan fingerprint density at radius 3 is 2.26 bits per heavy atom. The second kappa shape index (κ2) is 7.09. The van der Waals surface area contributed by atoms with Gasteiger partial charge in [-0.15, -0.1) is 0 Å². The summed E-state index contributed by atoms with van der Waals surface area (Å²) in [4.78, 5) is 1.95. The molecule has 0 amide bonds. The predicted octanol–water partition coefficient (Wildman–Crippen LogP) is 3.46. The number of aliphatic hydroxyl groups is 1. The second-order valence-electron chi connectivity index (χ2n) is 6.29. The number of hydrogen-bond acceptors (Lipinski definition) is 3. The van der Waals surface area contributed by atoms with Crippen LogP contribution < -0.4 is 4.74 Å². The molecule has 1 aliphatic rings. The molecule has 1 heterocycles. The normalized spacial score (nSPS) is 18.9. The van der Waals surface area contributed by atoms with Crippen LogP contribution in [0, 0.1) is 13.8 Å². The van der Waals surface area contributed by atoms with Crippen LogP contribution in [-0.4, -0.2) is 48.0 Å². The summed E-state index contributed by atoms with van der Waals surface area (Å²) >= 11 is 0. The van der Waals surface area contributed by atoms with Crippen molar-refractivity contribution in [1.82, 2.24) is 4.90 Å². The van der Waals surface area contributed by atoms with E-state index in [1.54, 1.807) is 0 Å². The lowest BCUT2D eigenvalue weighted by atomic mass is 9.91. The van der Waals surface area contributed by atoms with Gasteiger partial charge in [0.25, 0.3) is 0 Å². The van der Waals surface area contributed by atoms with Crippen LogP contribution in [0.2, 0.25) is 0 Å². The van der Waals surface area contributed by atoms with Gasteiger partial charge in [-0.3, -0.25) is 0 Å². The van der Waals surface area contributed by atoms with Crippen LogP contribution in [0.15, 0.2) is 18.2 Å². The molecule has 130 valence electrons. The summed E-state index contributed by atoms with van der Waals surface area (Å²) in [6, 6.07) is 5.96. The molecule has 2 rings (SSSR count). The van der Waals surface area contributed by atoms with E-state index in [-0.39, 0.29) is 25.9 Å². The van der Waals surface area contributed by atoms with Gasteiger partial charge in [0, 0.05) is 19.6 Å². The van der Waals surface area contributed by atoms with Crippen LogP contribution >= 0.6 is 0 Å². The van der Waals surface area contributed by atoms with Crippen LogP contribution in [0.1, 0.15) is 30.4 Å². The molecule has 0 radical (unpaired) electrons. The zero-order chi connectivity index (χ0) is 17.1. The lowest BCUT2D eigenvalue weighted by Crippen LogP contribution is -2.53. The van der Waals surface area contributed by atoms with E-state index >= 15 is 0 Å². The summed E-state index contributed by atoms with van der Waals surface area (Å²) < 4.78 is 44.0. The Balaban J connectivity index is 1.73. The fourth-order valence-electron chi connectivity index (χ4n) is 2.92. The average molecular weight is 331 g/mol. The zero-order valence-electron chi connectivity index (χ0n) is 13.6. The quantitative estimate of drug-likeness (QED) is 0.839. The lowest BCUT2D eigenvalue weighted by molar-refractivity contribution is -0.272. The van der Waals surface area contributed by atoms with Crippen molar-refractivity contribution in [3.05, 3.63) is 29.3 Å². The van der Waals surface area contributed by atoms with E-state index in [2.05, 4.69) is 0 Å². The molecule has 1 fully saturated rings. The first-order chi connectivity index (χ1) is 10.7. The van der Waals surface area contributed by atoms with E-state index < -0.39 is 11.8 Å². The Kier molecular flexibility index (Phi) is 5.57. The molecule has 1 saturated heterocycles. The van der Waals surface area contributed by atoms with Gasteiger partial charge < -0.3 is 14.7 Å². The van der Waals surface area contributed by atoms with Crippen molar-refractivity contribution < 1.29 is 23.0 Å². The molecule has 3 nitrogen and oxygen atoms in total. The Morgan fingerprint density at radius 2 is 1.74 bits per heavy atom. The maximum atomic E-state index is 12.7. The molecule has 1 aromatic carbocycles. The first-order valence-electron chi connectivity index (χ1n) is 7.93. The second-order valence-corrected chi connectivity index (χ2v) is 6.29. The molecule has 1 aliphatic heterocycles. The number of benzene rings is 1. The molecule has 0 spiro atoms. The van der Waals surface area contributed by atoms with Crippen LogP contribution in [0.4, 0.5) is 13.2 Å². The van der Waals surface area contributed by atoms with Gasteiger partial charge in [0.1, 0.15) is 5.75 Å². The third-order valence-electron chi connectivity index (χ3n) is 4.48. The lowest BCUT2D eigenvalue weighted by Gasteiger charge is -2.39. The van der Waals surface area contributed by atoms with Crippen LogP contribution in [0.5, 0.6) is 5.75 Å². The highest BCUT2D eigenvalue weighted by molar-refractivity contribution is 5.39. The van der Waals surface area contributed by atoms with Crippen molar-refractivity contribution in [3.63, 3.8) is 0 Å². The van der Waals surface area contributed by atoms with Gasteiger partial charge in [0.05, 0.1) is 6.61 Å². The van der Waals surface area contributed by atoms with E-state index in [9.17, 15) is 18.3 Å². The van der Waals surface area contributed by atoms with Crippen molar-refractivity contribution in [2.24, 2.45) is 0 Å². The smallest absolute Gasteiger partial charge is 0.417 e. The zero-order valence-corrected chi connectivity index (χ0v) is 13.6.